The van der Waals surface area contributed by atoms with Gasteiger partial charge in [-0.2, -0.15) is 0 Å². The molecule has 1 heterocycles. The highest BCUT2D eigenvalue weighted by Crippen LogP contribution is 2.27. The summed E-state index contributed by atoms with van der Waals surface area (Å²) in [6.45, 7) is 15.5. The quantitative estimate of drug-likeness (QED) is 0.682. The zero-order chi connectivity index (χ0) is 14.3. The summed E-state index contributed by atoms with van der Waals surface area (Å²) in [5.74, 6) is 1.76. The molecule has 1 N–H and O–H groups in total. The molecule has 0 aromatic heterocycles. The second kappa shape index (κ2) is 8.97. The van der Waals surface area contributed by atoms with Crippen LogP contribution >= 0.6 is 0 Å². The van der Waals surface area contributed by atoms with E-state index in [1.807, 2.05) is 0 Å². The van der Waals surface area contributed by atoms with Crippen LogP contribution in [0.2, 0.25) is 0 Å². The minimum atomic E-state index is 0.695. The van der Waals surface area contributed by atoms with E-state index in [4.69, 9.17) is 0 Å². The van der Waals surface area contributed by atoms with Gasteiger partial charge >= 0.3 is 0 Å². The Hall–Kier alpha value is -0.0800. The normalized spacial score (nSPS) is 24.0. The molecule has 1 rings (SSSR count). The molecule has 2 heteroatoms. The van der Waals surface area contributed by atoms with Gasteiger partial charge in [-0.05, 0) is 50.6 Å². The number of hydrogen-bond acceptors (Lipinski definition) is 2. The summed E-state index contributed by atoms with van der Waals surface area (Å²) in [5, 5.41) is 3.80. The van der Waals surface area contributed by atoms with Gasteiger partial charge in [0.1, 0.15) is 0 Å². The Labute approximate surface area is 121 Å². The first-order chi connectivity index (χ1) is 9.13. The summed E-state index contributed by atoms with van der Waals surface area (Å²) in [4.78, 5) is 2.77. The van der Waals surface area contributed by atoms with Crippen LogP contribution < -0.4 is 5.32 Å². The van der Waals surface area contributed by atoms with Gasteiger partial charge in [0.2, 0.25) is 0 Å². The predicted molar refractivity (Wildman–Crippen MR) is 85.6 cm³/mol. The largest absolute Gasteiger partial charge is 0.312 e. The van der Waals surface area contributed by atoms with E-state index in [2.05, 4.69) is 44.8 Å². The molecule has 2 nitrogen and oxygen atoms in total. The molecular formula is C17H36N2. The number of likely N-dealkylation sites (tertiary alicyclic amines) is 1. The van der Waals surface area contributed by atoms with Gasteiger partial charge < -0.3 is 5.32 Å². The Balaban J connectivity index is 2.58. The molecule has 3 unspecified atom stereocenters. The summed E-state index contributed by atoms with van der Waals surface area (Å²) in [7, 11) is 0. The summed E-state index contributed by atoms with van der Waals surface area (Å²) >= 11 is 0. The monoisotopic (exact) mass is 268 g/mol. The van der Waals surface area contributed by atoms with Crippen molar-refractivity contribution in [3.05, 3.63) is 0 Å². The fourth-order valence-electron chi connectivity index (χ4n) is 3.53. The molecule has 114 valence electrons. The third kappa shape index (κ3) is 5.07. The van der Waals surface area contributed by atoms with Gasteiger partial charge in [0.15, 0.2) is 0 Å². The van der Waals surface area contributed by atoms with Gasteiger partial charge in [0, 0.05) is 18.6 Å². The van der Waals surface area contributed by atoms with E-state index in [9.17, 15) is 0 Å². The molecule has 0 radical (unpaired) electrons. The van der Waals surface area contributed by atoms with Crippen LogP contribution in [-0.2, 0) is 0 Å². The maximum absolute atomic E-state index is 3.80. The van der Waals surface area contributed by atoms with E-state index in [-0.39, 0.29) is 0 Å². The Morgan fingerprint density at radius 1 is 1.16 bits per heavy atom. The van der Waals surface area contributed by atoms with Crippen LogP contribution in [0.4, 0.5) is 0 Å². The first-order valence-corrected chi connectivity index (χ1v) is 8.61. The predicted octanol–water partition coefficient (Wildman–Crippen LogP) is 3.91. The van der Waals surface area contributed by atoms with Crippen molar-refractivity contribution in [1.29, 1.82) is 0 Å². The average molecular weight is 268 g/mol. The van der Waals surface area contributed by atoms with Gasteiger partial charge in [-0.3, -0.25) is 4.90 Å². The molecule has 0 aromatic carbocycles. The molecular weight excluding hydrogens is 232 g/mol. The molecule has 0 aliphatic carbocycles. The smallest absolute Gasteiger partial charge is 0.0246 e. The van der Waals surface area contributed by atoms with Crippen LogP contribution in [-0.4, -0.2) is 36.6 Å². The lowest BCUT2D eigenvalue weighted by Crippen LogP contribution is -2.49. The summed E-state index contributed by atoms with van der Waals surface area (Å²) in [6.07, 6.45) is 6.54. The molecule has 0 spiro atoms. The van der Waals surface area contributed by atoms with Gasteiger partial charge in [0.25, 0.3) is 0 Å². The fourth-order valence-corrected chi connectivity index (χ4v) is 3.53. The third-order valence-corrected chi connectivity index (χ3v) is 4.81. The highest BCUT2D eigenvalue weighted by molar-refractivity contribution is 4.89. The van der Waals surface area contributed by atoms with E-state index in [0.29, 0.717) is 6.04 Å². The van der Waals surface area contributed by atoms with Crippen molar-refractivity contribution >= 4 is 0 Å². The van der Waals surface area contributed by atoms with E-state index in [1.165, 1.54) is 51.7 Å². The minimum absolute atomic E-state index is 0.695. The maximum atomic E-state index is 3.80. The number of rotatable bonds is 9. The van der Waals surface area contributed by atoms with Crippen molar-refractivity contribution in [3.8, 4) is 0 Å². The summed E-state index contributed by atoms with van der Waals surface area (Å²) in [6, 6.07) is 1.44. The lowest BCUT2D eigenvalue weighted by Gasteiger charge is -2.35. The number of nitrogens with one attached hydrogen (secondary N) is 1. The molecule has 0 saturated carbocycles. The third-order valence-electron chi connectivity index (χ3n) is 4.81. The van der Waals surface area contributed by atoms with E-state index < -0.39 is 0 Å². The summed E-state index contributed by atoms with van der Waals surface area (Å²) in [5.41, 5.74) is 0. The zero-order valence-corrected chi connectivity index (χ0v) is 13.9. The summed E-state index contributed by atoms with van der Waals surface area (Å²) < 4.78 is 0. The lowest BCUT2D eigenvalue weighted by molar-refractivity contribution is 0.168. The van der Waals surface area contributed by atoms with E-state index >= 15 is 0 Å². The first-order valence-electron chi connectivity index (χ1n) is 8.61. The zero-order valence-electron chi connectivity index (χ0n) is 13.9. The van der Waals surface area contributed by atoms with Crippen molar-refractivity contribution in [2.45, 2.75) is 78.8 Å². The van der Waals surface area contributed by atoms with Crippen molar-refractivity contribution in [1.82, 2.24) is 10.2 Å². The Kier molecular flexibility index (Phi) is 8.01. The first kappa shape index (κ1) is 17.0. The maximum Gasteiger partial charge on any atom is 0.0246 e. The number of nitrogens with zero attached hydrogens (tertiary/aromatic N) is 1. The number of hydrogen-bond donors (Lipinski definition) is 1. The standard InChI is InChI=1S/C17H36N2/c1-6-9-16(18-11-7-2)17(8-3)19-12-10-15(13-19)14(4)5/h14-18H,6-13H2,1-5H3. The van der Waals surface area contributed by atoms with Gasteiger partial charge in [0.05, 0.1) is 0 Å². The van der Waals surface area contributed by atoms with Gasteiger partial charge in [-0.25, -0.2) is 0 Å². The topological polar surface area (TPSA) is 15.3 Å². The Morgan fingerprint density at radius 3 is 2.37 bits per heavy atom. The molecule has 1 fully saturated rings. The lowest BCUT2D eigenvalue weighted by atomic mass is 9.95. The molecule has 0 aromatic rings. The van der Waals surface area contributed by atoms with Gasteiger partial charge in [-0.1, -0.05) is 41.0 Å². The van der Waals surface area contributed by atoms with Crippen molar-refractivity contribution in [2.24, 2.45) is 11.8 Å². The van der Waals surface area contributed by atoms with E-state index in [1.54, 1.807) is 0 Å². The SMILES string of the molecule is CCCNC(CCC)C(CC)N1CCC(C(C)C)C1. The molecule has 3 atom stereocenters. The van der Waals surface area contributed by atoms with E-state index in [0.717, 1.165) is 17.9 Å². The van der Waals surface area contributed by atoms with Crippen LogP contribution in [0.15, 0.2) is 0 Å². The highest BCUT2D eigenvalue weighted by atomic mass is 15.2. The van der Waals surface area contributed by atoms with Gasteiger partial charge in [-0.15, -0.1) is 0 Å². The molecule has 0 bridgehead atoms. The molecule has 0 amide bonds. The van der Waals surface area contributed by atoms with Crippen LogP contribution in [0.3, 0.4) is 0 Å². The fraction of sp³-hybridized carbons (Fsp3) is 1.00. The Bertz CT molecular complexity index is 227. The van der Waals surface area contributed by atoms with Crippen LogP contribution in [0.1, 0.15) is 66.7 Å². The second-order valence-corrected chi connectivity index (χ2v) is 6.61. The van der Waals surface area contributed by atoms with Crippen molar-refractivity contribution < 1.29 is 0 Å². The average Bonchev–Trinajstić information content (AvgIpc) is 2.86. The molecule has 1 saturated heterocycles. The highest BCUT2D eigenvalue weighted by Gasteiger charge is 2.32. The minimum Gasteiger partial charge on any atom is -0.312 e. The molecule has 1 aliphatic rings. The molecule has 19 heavy (non-hydrogen) atoms. The van der Waals surface area contributed by atoms with Crippen LogP contribution in [0.25, 0.3) is 0 Å². The van der Waals surface area contributed by atoms with Crippen LogP contribution in [0.5, 0.6) is 0 Å². The van der Waals surface area contributed by atoms with Crippen LogP contribution in [0, 0.1) is 11.8 Å². The van der Waals surface area contributed by atoms with Crippen molar-refractivity contribution in [3.63, 3.8) is 0 Å². The second-order valence-electron chi connectivity index (χ2n) is 6.61. The molecule has 1 aliphatic heterocycles. The van der Waals surface area contributed by atoms with Crippen molar-refractivity contribution in [2.75, 3.05) is 19.6 Å². The Morgan fingerprint density at radius 2 is 1.89 bits per heavy atom.